The number of piperidine rings is 1. The monoisotopic (exact) mass is 267 g/mol. The summed E-state index contributed by atoms with van der Waals surface area (Å²) in [6, 6.07) is 5.40. The molecule has 1 aromatic carbocycles. The average molecular weight is 268 g/mol. The van der Waals surface area contributed by atoms with Crippen molar-refractivity contribution < 1.29 is 9.90 Å². The van der Waals surface area contributed by atoms with Gasteiger partial charge in [-0.05, 0) is 43.4 Å². The van der Waals surface area contributed by atoms with Crippen LogP contribution in [0.25, 0.3) is 0 Å². The predicted octanol–water partition coefficient (Wildman–Crippen LogP) is 2.49. The smallest absolute Gasteiger partial charge is 0.253 e. The number of hydrogen-bond donors (Lipinski definition) is 1. The van der Waals surface area contributed by atoms with E-state index in [0.29, 0.717) is 17.1 Å². The summed E-state index contributed by atoms with van der Waals surface area (Å²) in [6.45, 7) is 3.47. The van der Waals surface area contributed by atoms with Gasteiger partial charge in [-0.3, -0.25) is 4.79 Å². The highest BCUT2D eigenvalue weighted by Crippen LogP contribution is 2.21. The molecule has 18 heavy (non-hydrogen) atoms. The zero-order chi connectivity index (χ0) is 13.1. The fourth-order valence-electron chi connectivity index (χ4n) is 2.31. The highest BCUT2D eigenvalue weighted by molar-refractivity contribution is 6.31. The van der Waals surface area contributed by atoms with Crippen molar-refractivity contribution in [2.24, 2.45) is 5.92 Å². The third-order valence-electron chi connectivity index (χ3n) is 3.48. The minimum atomic E-state index is 0.00931. The van der Waals surface area contributed by atoms with E-state index >= 15 is 0 Å². The van der Waals surface area contributed by atoms with Crippen LogP contribution in [0.1, 0.15) is 28.8 Å². The lowest BCUT2D eigenvalue weighted by Gasteiger charge is -2.32. The Hall–Kier alpha value is -1.06. The molecule has 3 nitrogen and oxygen atoms in total. The SMILES string of the molecule is Cc1ccc(C(=O)N2CCCC(CO)C2)cc1Cl. The van der Waals surface area contributed by atoms with Crippen LogP contribution >= 0.6 is 11.6 Å². The third-order valence-corrected chi connectivity index (χ3v) is 3.89. The zero-order valence-electron chi connectivity index (χ0n) is 10.5. The Kier molecular flexibility index (Phi) is 4.25. The fourth-order valence-corrected chi connectivity index (χ4v) is 2.49. The molecule has 1 unspecified atom stereocenters. The topological polar surface area (TPSA) is 40.5 Å². The summed E-state index contributed by atoms with van der Waals surface area (Å²) in [6.07, 6.45) is 1.95. The van der Waals surface area contributed by atoms with Crippen LogP contribution in [0.4, 0.5) is 0 Å². The van der Waals surface area contributed by atoms with Gasteiger partial charge in [0.05, 0.1) is 0 Å². The van der Waals surface area contributed by atoms with E-state index in [0.717, 1.165) is 24.9 Å². The van der Waals surface area contributed by atoms with E-state index in [2.05, 4.69) is 0 Å². The van der Waals surface area contributed by atoms with Crippen molar-refractivity contribution in [3.05, 3.63) is 34.3 Å². The second-order valence-corrected chi connectivity index (χ2v) is 5.31. The first kappa shape index (κ1) is 13.4. The molecule has 98 valence electrons. The molecule has 1 aliphatic rings. The molecule has 1 saturated heterocycles. The van der Waals surface area contributed by atoms with E-state index in [1.807, 2.05) is 24.0 Å². The molecule has 0 aliphatic carbocycles. The van der Waals surface area contributed by atoms with Gasteiger partial charge in [0, 0.05) is 30.3 Å². The van der Waals surface area contributed by atoms with Gasteiger partial charge < -0.3 is 10.0 Å². The Morgan fingerprint density at radius 1 is 1.56 bits per heavy atom. The molecule has 1 aliphatic heterocycles. The van der Waals surface area contributed by atoms with E-state index in [4.69, 9.17) is 11.6 Å². The summed E-state index contributed by atoms with van der Waals surface area (Å²) in [4.78, 5) is 14.1. The van der Waals surface area contributed by atoms with Gasteiger partial charge in [-0.15, -0.1) is 0 Å². The van der Waals surface area contributed by atoms with Crippen molar-refractivity contribution in [2.45, 2.75) is 19.8 Å². The quantitative estimate of drug-likeness (QED) is 0.894. The van der Waals surface area contributed by atoms with Crippen molar-refractivity contribution in [3.8, 4) is 0 Å². The summed E-state index contributed by atoms with van der Waals surface area (Å²) >= 11 is 6.04. The van der Waals surface area contributed by atoms with E-state index in [-0.39, 0.29) is 18.4 Å². The lowest BCUT2D eigenvalue weighted by molar-refractivity contribution is 0.0620. The first-order chi connectivity index (χ1) is 8.61. The van der Waals surface area contributed by atoms with Gasteiger partial charge in [0.2, 0.25) is 0 Å². The molecule has 1 fully saturated rings. The van der Waals surface area contributed by atoms with Crippen molar-refractivity contribution in [1.82, 2.24) is 4.90 Å². The van der Waals surface area contributed by atoms with Crippen LogP contribution in [0.5, 0.6) is 0 Å². The van der Waals surface area contributed by atoms with Crippen LogP contribution in [-0.2, 0) is 0 Å². The Bertz CT molecular complexity index is 447. The van der Waals surface area contributed by atoms with Gasteiger partial charge >= 0.3 is 0 Å². The van der Waals surface area contributed by atoms with Crippen molar-refractivity contribution in [1.29, 1.82) is 0 Å². The Labute approximate surface area is 112 Å². The normalized spacial score (nSPS) is 19.9. The number of carbonyl (C=O) groups excluding carboxylic acids is 1. The van der Waals surface area contributed by atoms with Crippen LogP contribution in [0.3, 0.4) is 0 Å². The number of benzene rings is 1. The number of halogens is 1. The first-order valence-corrected chi connectivity index (χ1v) is 6.66. The van der Waals surface area contributed by atoms with Gasteiger partial charge in [-0.25, -0.2) is 0 Å². The Morgan fingerprint density at radius 2 is 2.33 bits per heavy atom. The maximum absolute atomic E-state index is 12.3. The summed E-state index contributed by atoms with van der Waals surface area (Å²) in [5.74, 6) is 0.221. The number of rotatable bonds is 2. The molecule has 1 atom stereocenters. The first-order valence-electron chi connectivity index (χ1n) is 6.28. The van der Waals surface area contributed by atoms with Crippen molar-refractivity contribution in [2.75, 3.05) is 19.7 Å². The van der Waals surface area contributed by atoms with E-state index in [9.17, 15) is 9.90 Å². The number of hydrogen-bond acceptors (Lipinski definition) is 2. The molecule has 1 aromatic rings. The number of amides is 1. The van der Waals surface area contributed by atoms with Gasteiger partial charge in [-0.1, -0.05) is 17.7 Å². The molecule has 0 aromatic heterocycles. The molecule has 4 heteroatoms. The van der Waals surface area contributed by atoms with Crippen molar-refractivity contribution in [3.63, 3.8) is 0 Å². The minimum Gasteiger partial charge on any atom is -0.396 e. The van der Waals surface area contributed by atoms with Crippen LogP contribution in [0.2, 0.25) is 5.02 Å². The fraction of sp³-hybridized carbons (Fsp3) is 0.500. The Balaban J connectivity index is 2.12. The van der Waals surface area contributed by atoms with Gasteiger partial charge in [0.25, 0.3) is 5.91 Å². The molecule has 2 rings (SSSR count). The molecule has 0 radical (unpaired) electrons. The zero-order valence-corrected chi connectivity index (χ0v) is 11.3. The van der Waals surface area contributed by atoms with Crippen LogP contribution < -0.4 is 0 Å². The Morgan fingerprint density at radius 3 is 3.00 bits per heavy atom. The number of aliphatic hydroxyl groups excluding tert-OH is 1. The minimum absolute atomic E-state index is 0.00931. The summed E-state index contributed by atoms with van der Waals surface area (Å²) in [5.41, 5.74) is 1.60. The van der Waals surface area contributed by atoms with Crippen LogP contribution in [0.15, 0.2) is 18.2 Å². The molecule has 1 amide bonds. The average Bonchev–Trinajstić information content (AvgIpc) is 2.41. The summed E-state index contributed by atoms with van der Waals surface area (Å²) in [5, 5.41) is 9.80. The number of likely N-dealkylation sites (tertiary alicyclic amines) is 1. The highest BCUT2D eigenvalue weighted by atomic mass is 35.5. The van der Waals surface area contributed by atoms with Gasteiger partial charge in [0.15, 0.2) is 0 Å². The predicted molar refractivity (Wildman–Crippen MR) is 71.9 cm³/mol. The molecule has 1 N–H and O–H groups in total. The van der Waals surface area contributed by atoms with Gasteiger partial charge in [-0.2, -0.15) is 0 Å². The van der Waals surface area contributed by atoms with E-state index in [1.54, 1.807) is 6.07 Å². The molecule has 0 bridgehead atoms. The largest absolute Gasteiger partial charge is 0.396 e. The molecule has 1 heterocycles. The van der Waals surface area contributed by atoms with Crippen molar-refractivity contribution >= 4 is 17.5 Å². The summed E-state index contributed by atoms with van der Waals surface area (Å²) in [7, 11) is 0. The maximum atomic E-state index is 12.3. The third kappa shape index (κ3) is 2.85. The van der Waals surface area contributed by atoms with Crippen LogP contribution in [0, 0.1) is 12.8 Å². The number of nitrogens with zero attached hydrogens (tertiary/aromatic N) is 1. The second-order valence-electron chi connectivity index (χ2n) is 4.91. The molecule has 0 spiro atoms. The maximum Gasteiger partial charge on any atom is 0.253 e. The molecule has 0 saturated carbocycles. The number of carbonyl (C=O) groups is 1. The highest BCUT2D eigenvalue weighted by Gasteiger charge is 2.24. The molecular weight excluding hydrogens is 250 g/mol. The van der Waals surface area contributed by atoms with Crippen LogP contribution in [-0.4, -0.2) is 35.6 Å². The summed E-state index contributed by atoms with van der Waals surface area (Å²) < 4.78 is 0. The molecular formula is C14H18ClNO2. The lowest BCUT2D eigenvalue weighted by Crippen LogP contribution is -2.40. The standard InChI is InChI=1S/C14H18ClNO2/c1-10-4-5-12(7-13(10)15)14(18)16-6-2-3-11(8-16)9-17/h4-5,7,11,17H,2-3,6,8-9H2,1H3. The number of aliphatic hydroxyl groups is 1. The lowest BCUT2D eigenvalue weighted by atomic mass is 9.98. The second kappa shape index (κ2) is 5.72. The van der Waals surface area contributed by atoms with E-state index in [1.165, 1.54) is 0 Å². The van der Waals surface area contributed by atoms with E-state index < -0.39 is 0 Å². The number of aryl methyl sites for hydroxylation is 1. The van der Waals surface area contributed by atoms with Gasteiger partial charge in [0.1, 0.15) is 0 Å².